The molecule has 0 heterocycles. The molecule has 158 valence electrons. The normalized spacial score (nSPS) is 18.6. The molecule has 2 aromatic carbocycles. The maximum absolute atomic E-state index is 13.8. The molecule has 0 N–H and O–H groups in total. The van der Waals surface area contributed by atoms with E-state index in [0.29, 0.717) is 22.3 Å². The fourth-order valence-corrected chi connectivity index (χ4v) is 12.6. The van der Waals surface area contributed by atoms with E-state index in [1.54, 1.807) is 72.8 Å². The molecule has 0 saturated carbocycles. The molecule has 9 heteroatoms. The molecule has 2 unspecified atom stereocenters. The number of allylic oxidation sites excluding steroid dienone is 2. The van der Waals surface area contributed by atoms with Gasteiger partial charge in [0.25, 0.3) is 0 Å². The molecule has 4 rings (SSSR count). The van der Waals surface area contributed by atoms with Crippen LogP contribution in [0.15, 0.2) is 60.7 Å². The molecule has 0 bridgehead atoms. The van der Waals surface area contributed by atoms with Gasteiger partial charge in [-0.15, -0.1) is 0 Å². The van der Waals surface area contributed by atoms with Crippen LogP contribution in [0.3, 0.4) is 0 Å². The smallest absolute Gasteiger partial charge is 1.00 e. The molecule has 0 radical (unpaired) electrons. The van der Waals surface area contributed by atoms with Gasteiger partial charge in [-0.05, 0) is 0 Å². The molecule has 0 aliphatic heterocycles. The number of benzene rings is 2. The zero-order chi connectivity index (χ0) is 20.1. The van der Waals surface area contributed by atoms with Gasteiger partial charge in [0, 0.05) is 0 Å². The van der Waals surface area contributed by atoms with Crippen LogP contribution in [0.4, 0.5) is 26.3 Å². The van der Waals surface area contributed by atoms with E-state index in [0.717, 1.165) is 0 Å². The molecule has 30 heavy (non-hydrogen) atoms. The third kappa shape index (κ3) is 4.54. The first-order valence-corrected chi connectivity index (χ1v) is 12.7. The van der Waals surface area contributed by atoms with Gasteiger partial charge in [0.15, 0.2) is 0 Å². The van der Waals surface area contributed by atoms with Gasteiger partial charge in [0.1, 0.15) is 0 Å². The first-order valence-electron chi connectivity index (χ1n) is 8.60. The van der Waals surface area contributed by atoms with E-state index in [4.69, 9.17) is 0 Å². The molecule has 0 spiro atoms. The van der Waals surface area contributed by atoms with Crippen molar-refractivity contribution in [2.24, 2.45) is 0 Å². The van der Waals surface area contributed by atoms with Gasteiger partial charge in [-0.2, -0.15) is 0 Å². The summed E-state index contributed by atoms with van der Waals surface area (Å²) in [6, 6.07) is 13.6. The summed E-state index contributed by atoms with van der Waals surface area (Å²) in [7, 11) is 0. The van der Waals surface area contributed by atoms with E-state index < -0.39 is 44.1 Å². The number of halogens is 8. The maximum Gasteiger partial charge on any atom is -1.00 e. The zero-order valence-electron chi connectivity index (χ0n) is 15.1. The predicted molar refractivity (Wildman–Crippen MR) is 93.6 cm³/mol. The second-order valence-corrected chi connectivity index (χ2v) is 13.3. The molecule has 0 saturated heterocycles. The number of hydrogen-bond acceptors (Lipinski definition) is 0. The average Bonchev–Trinajstić information content (AvgIpc) is 3.22. The minimum atomic E-state index is -5.40. The first-order chi connectivity index (χ1) is 13.2. The summed E-state index contributed by atoms with van der Waals surface area (Å²) in [5.74, 6) is 0. The second kappa shape index (κ2) is 9.14. The maximum atomic E-state index is 13.8. The van der Waals surface area contributed by atoms with Crippen molar-refractivity contribution in [1.29, 1.82) is 0 Å². The SMILES string of the molecule is FC(F)(F)[C](=[Zr+2]([CH]1C=Cc2ccccc21)[CH]1C=Cc2ccccc21)C(F)(F)F.[Cl-].[Cl-]. The molecule has 2 aliphatic carbocycles. The van der Waals surface area contributed by atoms with Crippen LogP contribution in [0, 0.1) is 0 Å². The van der Waals surface area contributed by atoms with E-state index in [9.17, 15) is 26.3 Å². The van der Waals surface area contributed by atoms with Crippen molar-refractivity contribution in [2.75, 3.05) is 0 Å². The molecule has 2 aliphatic rings. The summed E-state index contributed by atoms with van der Waals surface area (Å²) in [5, 5.41) is 0. The van der Waals surface area contributed by atoms with Gasteiger partial charge >= 0.3 is 166 Å². The number of rotatable bonds is 2. The number of fused-ring (bicyclic) bond motifs is 2. The third-order valence-corrected chi connectivity index (χ3v) is 13.7. The van der Waals surface area contributed by atoms with E-state index in [2.05, 4.69) is 0 Å². The molecule has 0 aromatic heterocycles. The molecular weight excluding hydrogens is 528 g/mol. The molecular formula is C21H14Cl2F6Zr. The summed E-state index contributed by atoms with van der Waals surface area (Å²) in [4.78, 5) is 0. The molecule has 2 atom stereocenters. The topological polar surface area (TPSA) is 0 Å². The molecule has 2 aromatic rings. The Labute approximate surface area is 189 Å². The van der Waals surface area contributed by atoms with Gasteiger partial charge in [0.05, 0.1) is 0 Å². The Morgan fingerprint density at radius 3 is 1.37 bits per heavy atom. The van der Waals surface area contributed by atoms with E-state index in [1.165, 1.54) is 0 Å². The summed E-state index contributed by atoms with van der Waals surface area (Å²) >= 11 is -4.47. The quantitative estimate of drug-likeness (QED) is 0.484. The Bertz CT molecular complexity index is 941. The Morgan fingerprint density at radius 1 is 0.633 bits per heavy atom. The number of hydrogen-bond donors (Lipinski definition) is 0. The van der Waals surface area contributed by atoms with Gasteiger partial charge in [-0.3, -0.25) is 0 Å². The third-order valence-electron chi connectivity index (χ3n) is 5.12. The fourth-order valence-electron chi connectivity index (χ4n) is 4.03. The molecule has 0 amide bonds. The van der Waals surface area contributed by atoms with E-state index in [-0.39, 0.29) is 24.8 Å². The Hall–Kier alpha value is -1.17. The average molecular weight is 542 g/mol. The van der Waals surface area contributed by atoms with Crippen LogP contribution < -0.4 is 24.8 Å². The minimum Gasteiger partial charge on any atom is -1.00 e. The summed E-state index contributed by atoms with van der Waals surface area (Å²) in [6.45, 7) is 0. The number of alkyl halides is 6. The minimum absolute atomic E-state index is 0. The Kier molecular flexibility index (Phi) is 7.64. The first kappa shape index (κ1) is 25.1. The van der Waals surface area contributed by atoms with Crippen LogP contribution in [0.1, 0.15) is 29.5 Å². The van der Waals surface area contributed by atoms with Gasteiger partial charge in [0.2, 0.25) is 0 Å². The standard InChI is InChI=1S/2C9H7.C3F6.2ClH.Zr/c2*1-2-5-9-7-3-6-8(9)4-1;4-2(5,6)1-3(7,8)9;;;/h2*1-7H;;2*1H;/q;;;;;+2/p-2. The largest absolute Gasteiger partial charge is 1.00 e. The molecule has 0 fully saturated rings. The summed E-state index contributed by atoms with van der Waals surface area (Å²) in [6.07, 6.45) is -4.41. The van der Waals surface area contributed by atoms with Crippen LogP contribution in [0.2, 0.25) is 0 Å². The fraction of sp³-hybridized carbons (Fsp3) is 0.190. The van der Waals surface area contributed by atoms with Crippen LogP contribution in [0.5, 0.6) is 0 Å². The van der Waals surface area contributed by atoms with Crippen molar-refractivity contribution in [3.63, 3.8) is 0 Å². The van der Waals surface area contributed by atoms with E-state index in [1.807, 2.05) is 0 Å². The summed E-state index contributed by atoms with van der Waals surface area (Å²) in [5.41, 5.74) is 2.54. The van der Waals surface area contributed by atoms with Gasteiger partial charge < -0.3 is 24.8 Å². The van der Waals surface area contributed by atoms with Crippen LogP contribution in [-0.4, -0.2) is 15.6 Å². The monoisotopic (exact) mass is 540 g/mol. The van der Waals surface area contributed by atoms with Crippen molar-refractivity contribution >= 4 is 15.4 Å². The van der Waals surface area contributed by atoms with Crippen molar-refractivity contribution in [2.45, 2.75) is 19.6 Å². The molecule has 0 nitrogen and oxygen atoms in total. The zero-order valence-corrected chi connectivity index (χ0v) is 19.1. The second-order valence-electron chi connectivity index (χ2n) is 6.76. The van der Waals surface area contributed by atoms with Gasteiger partial charge in [-0.25, -0.2) is 0 Å². The van der Waals surface area contributed by atoms with Crippen LogP contribution in [0.25, 0.3) is 12.2 Å². The van der Waals surface area contributed by atoms with Crippen LogP contribution >= 0.6 is 0 Å². The Morgan fingerprint density at radius 2 is 1.00 bits per heavy atom. The van der Waals surface area contributed by atoms with E-state index >= 15 is 0 Å². The van der Waals surface area contributed by atoms with Gasteiger partial charge in [-0.1, -0.05) is 0 Å². The van der Waals surface area contributed by atoms with Crippen molar-refractivity contribution in [3.05, 3.63) is 82.9 Å². The van der Waals surface area contributed by atoms with Crippen molar-refractivity contribution < 1.29 is 72.4 Å². The summed E-state index contributed by atoms with van der Waals surface area (Å²) < 4.78 is 78.8. The Balaban J connectivity index is 0.00000160. The van der Waals surface area contributed by atoms with Crippen molar-refractivity contribution in [1.82, 2.24) is 0 Å². The van der Waals surface area contributed by atoms with Crippen molar-refractivity contribution in [3.8, 4) is 0 Å². The predicted octanol–water partition coefficient (Wildman–Crippen LogP) is 0.446. The van der Waals surface area contributed by atoms with Crippen LogP contribution in [-0.2, 0) is 21.3 Å².